The number of nitrogens with zero attached hydrogens (tertiary/aromatic N) is 2. The summed E-state index contributed by atoms with van der Waals surface area (Å²) in [7, 11) is 5.76. The van der Waals surface area contributed by atoms with Crippen LogP contribution in [0.4, 0.5) is 11.4 Å². The molecule has 104 valence electrons. The van der Waals surface area contributed by atoms with Crippen LogP contribution >= 0.6 is 0 Å². The second kappa shape index (κ2) is 5.48. The van der Waals surface area contributed by atoms with Gasteiger partial charge in [0.1, 0.15) is 5.75 Å². The Morgan fingerprint density at radius 1 is 1.47 bits per heavy atom. The monoisotopic (exact) mass is 263 g/mol. The van der Waals surface area contributed by atoms with Gasteiger partial charge in [0, 0.05) is 32.9 Å². The van der Waals surface area contributed by atoms with Gasteiger partial charge in [0.25, 0.3) is 5.91 Å². The van der Waals surface area contributed by atoms with E-state index in [9.17, 15) is 4.79 Å². The molecule has 1 amide bonds. The number of ether oxygens (including phenoxy) is 1. The lowest BCUT2D eigenvalue weighted by Crippen LogP contribution is -2.42. The minimum Gasteiger partial charge on any atom is -0.479 e. The smallest absolute Gasteiger partial charge is 0.267 e. The van der Waals surface area contributed by atoms with E-state index in [4.69, 9.17) is 4.74 Å². The second-order valence-corrected chi connectivity index (χ2v) is 4.83. The Balaban J connectivity index is 2.26. The van der Waals surface area contributed by atoms with Gasteiger partial charge in [-0.15, -0.1) is 0 Å². The number of likely N-dealkylation sites (N-methyl/N-ethyl adjacent to an activating group) is 3. The van der Waals surface area contributed by atoms with Crippen molar-refractivity contribution in [2.24, 2.45) is 0 Å². The van der Waals surface area contributed by atoms with E-state index in [-0.39, 0.29) is 5.91 Å². The molecule has 1 aromatic carbocycles. The molecule has 5 nitrogen and oxygen atoms in total. The van der Waals surface area contributed by atoms with Crippen LogP contribution in [0, 0.1) is 0 Å². The third-order valence-corrected chi connectivity index (χ3v) is 3.42. The van der Waals surface area contributed by atoms with E-state index in [1.807, 2.05) is 32.3 Å². The average molecular weight is 263 g/mol. The molecule has 1 atom stereocenters. The number of rotatable bonds is 4. The highest BCUT2D eigenvalue weighted by atomic mass is 16.5. The molecule has 0 radical (unpaired) electrons. The summed E-state index contributed by atoms with van der Waals surface area (Å²) in [5, 5.41) is 3.12. The van der Waals surface area contributed by atoms with E-state index < -0.39 is 6.10 Å². The van der Waals surface area contributed by atoms with Crippen LogP contribution in [0.15, 0.2) is 18.2 Å². The van der Waals surface area contributed by atoms with E-state index in [0.717, 1.165) is 30.2 Å². The Kier molecular flexibility index (Phi) is 3.95. The van der Waals surface area contributed by atoms with Crippen LogP contribution in [0.3, 0.4) is 0 Å². The van der Waals surface area contributed by atoms with Crippen LogP contribution in [-0.2, 0) is 4.79 Å². The van der Waals surface area contributed by atoms with Crippen molar-refractivity contribution in [3.8, 4) is 5.75 Å². The minimum atomic E-state index is -0.412. The third-order valence-electron chi connectivity index (χ3n) is 3.42. The van der Waals surface area contributed by atoms with Crippen LogP contribution in [-0.4, -0.2) is 46.2 Å². The molecule has 0 aliphatic carbocycles. The molecule has 0 spiro atoms. The number of fused-ring (bicyclic) bond motifs is 1. The predicted octanol–water partition coefficient (Wildman–Crippen LogP) is 1.09. The van der Waals surface area contributed by atoms with E-state index in [2.05, 4.69) is 10.2 Å². The summed E-state index contributed by atoms with van der Waals surface area (Å²) in [4.78, 5) is 15.7. The largest absolute Gasteiger partial charge is 0.479 e. The molecular weight excluding hydrogens is 242 g/mol. The number of hydrogen-bond donors (Lipinski definition) is 1. The minimum absolute atomic E-state index is 0.0115. The highest BCUT2D eigenvalue weighted by Gasteiger charge is 2.29. The number of amides is 1. The first-order chi connectivity index (χ1) is 9.04. The van der Waals surface area contributed by atoms with Gasteiger partial charge in [-0.3, -0.25) is 4.79 Å². The lowest BCUT2D eigenvalue weighted by molar-refractivity contribution is -0.125. The average Bonchev–Trinajstić information content (AvgIpc) is 2.42. The Bertz CT molecular complexity index is 476. The molecule has 0 saturated heterocycles. The van der Waals surface area contributed by atoms with Gasteiger partial charge in [0.05, 0.1) is 5.69 Å². The molecule has 0 fully saturated rings. The summed E-state index contributed by atoms with van der Waals surface area (Å²) >= 11 is 0. The van der Waals surface area contributed by atoms with Gasteiger partial charge in [-0.25, -0.2) is 0 Å². The van der Waals surface area contributed by atoms with Crippen molar-refractivity contribution in [3.63, 3.8) is 0 Å². The van der Waals surface area contributed by atoms with E-state index in [1.165, 1.54) is 0 Å². The SMILES string of the molecule is CNCCN(C)c1ccc2c(c1)N(C)C(=O)C(C)O2. The van der Waals surface area contributed by atoms with Crippen molar-refractivity contribution < 1.29 is 9.53 Å². The van der Waals surface area contributed by atoms with Gasteiger partial charge in [-0.2, -0.15) is 0 Å². The van der Waals surface area contributed by atoms with Gasteiger partial charge >= 0.3 is 0 Å². The summed E-state index contributed by atoms with van der Waals surface area (Å²) in [6.45, 7) is 3.59. The van der Waals surface area contributed by atoms with E-state index >= 15 is 0 Å². The van der Waals surface area contributed by atoms with Crippen LogP contribution in [0.2, 0.25) is 0 Å². The third kappa shape index (κ3) is 2.66. The number of carbonyl (C=O) groups is 1. The Hall–Kier alpha value is -1.75. The normalized spacial score (nSPS) is 18.0. The molecule has 1 aromatic rings. The van der Waals surface area contributed by atoms with E-state index in [0.29, 0.717) is 0 Å². The Morgan fingerprint density at radius 2 is 2.21 bits per heavy atom. The van der Waals surface area contributed by atoms with Crippen molar-refractivity contribution in [2.75, 3.05) is 44.0 Å². The van der Waals surface area contributed by atoms with Crippen LogP contribution in [0.1, 0.15) is 6.92 Å². The fourth-order valence-electron chi connectivity index (χ4n) is 2.15. The number of carbonyl (C=O) groups excluding carboxylic acids is 1. The zero-order chi connectivity index (χ0) is 14.0. The fourth-order valence-corrected chi connectivity index (χ4v) is 2.15. The molecule has 1 heterocycles. The molecule has 1 aliphatic heterocycles. The molecule has 0 aromatic heterocycles. The Morgan fingerprint density at radius 3 is 2.89 bits per heavy atom. The zero-order valence-corrected chi connectivity index (χ0v) is 11.9. The Labute approximate surface area is 114 Å². The molecule has 1 aliphatic rings. The summed E-state index contributed by atoms with van der Waals surface area (Å²) < 4.78 is 5.61. The van der Waals surface area contributed by atoms with Crippen molar-refractivity contribution in [1.29, 1.82) is 0 Å². The fraction of sp³-hybridized carbons (Fsp3) is 0.500. The van der Waals surface area contributed by atoms with E-state index in [1.54, 1.807) is 18.9 Å². The number of benzene rings is 1. The van der Waals surface area contributed by atoms with Crippen LogP contribution in [0.25, 0.3) is 0 Å². The molecule has 1 unspecified atom stereocenters. The molecule has 1 N–H and O–H groups in total. The standard InChI is InChI=1S/C14H21N3O2/c1-10-14(18)17(4)12-9-11(5-6-13(12)19-10)16(3)8-7-15-2/h5-6,9-10,15H,7-8H2,1-4H3. The summed E-state index contributed by atoms with van der Waals surface area (Å²) in [6.07, 6.45) is -0.412. The summed E-state index contributed by atoms with van der Waals surface area (Å²) in [5.41, 5.74) is 1.91. The van der Waals surface area contributed by atoms with Crippen molar-refractivity contribution >= 4 is 17.3 Å². The van der Waals surface area contributed by atoms with Crippen molar-refractivity contribution in [2.45, 2.75) is 13.0 Å². The first-order valence-electron chi connectivity index (χ1n) is 6.48. The maximum atomic E-state index is 11.9. The van der Waals surface area contributed by atoms with Gasteiger partial charge in [0.15, 0.2) is 6.10 Å². The van der Waals surface area contributed by atoms with Crippen LogP contribution < -0.4 is 19.9 Å². The van der Waals surface area contributed by atoms with Gasteiger partial charge in [-0.1, -0.05) is 0 Å². The number of hydrogen-bond acceptors (Lipinski definition) is 4. The molecule has 19 heavy (non-hydrogen) atoms. The summed E-state index contributed by atoms with van der Waals surface area (Å²) in [5.74, 6) is 0.753. The quantitative estimate of drug-likeness (QED) is 0.883. The predicted molar refractivity (Wildman–Crippen MR) is 77.1 cm³/mol. The lowest BCUT2D eigenvalue weighted by atomic mass is 10.1. The van der Waals surface area contributed by atoms with Gasteiger partial charge in [0.2, 0.25) is 0 Å². The molecular formula is C14H21N3O2. The number of nitrogens with one attached hydrogen (secondary N) is 1. The zero-order valence-electron chi connectivity index (χ0n) is 11.9. The molecule has 5 heteroatoms. The topological polar surface area (TPSA) is 44.8 Å². The first kappa shape index (κ1) is 13.7. The maximum Gasteiger partial charge on any atom is 0.267 e. The van der Waals surface area contributed by atoms with Crippen LogP contribution in [0.5, 0.6) is 5.75 Å². The van der Waals surface area contributed by atoms with Crippen molar-refractivity contribution in [1.82, 2.24) is 5.32 Å². The lowest BCUT2D eigenvalue weighted by Gasteiger charge is -2.31. The number of anilines is 2. The molecule has 2 rings (SSSR count). The maximum absolute atomic E-state index is 11.9. The van der Waals surface area contributed by atoms with Gasteiger partial charge < -0.3 is 19.9 Å². The van der Waals surface area contributed by atoms with Gasteiger partial charge in [-0.05, 0) is 32.2 Å². The highest BCUT2D eigenvalue weighted by molar-refractivity contribution is 5.99. The highest BCUT2D eigenvalue weighted by Crippen LogP contribution is 2.36. The first-order valence-corrected chi connectivity index (χ1v) is 6.48. The van der Waals surface area contributed by atoms with Crippen molar-refractivity contribution in [3.05, 3.63) is 18.2 Å². The second-order valence-electron chi connectivity index (χ2n) is 4.83. The summed E-state index contributed by atoms with van der Waals surface area (Å²) in [6, 6.07) is 5.94. The molecule has 0 saturated carbocycles. The molecule has 0 bridgehead atoms.